The number of amides is 2. The Labute approximate surface area is 187 Å². The first-order valence-corrected chi connectivity index (χ1v) is 10.8. The smallest absolute Gasteiger partial charge is 0.290 e. The van der Waals surface area contributed by atoms with Crippen LogP contribution in [0.2, 0.25) is 0 Å². The number of carbonyl (C=O) groups is 2. The van der Waals surface area contributed by atoms with Gasteiger partial charge in [-0.15, -0.1) is 0 Å². The minimum atomic E-state index is -0.869. The van der Waals surface area contributed by atoms with E-state index in [9.17, 15) is 9.59 Å². The summed E-state index contributed by atoms with van der Waals surface area (Å²) in [6, 6.07) is 13.6. The quantitative estimate of drug-likeness (QED) is 0.578. The van der Waals surface area contributed by atoms with E-state index in [0.29, 0.717) is 11.3 Å². The van der Waals surface area contributed by atoms with Crippen LogP contribution in [-0.4, -0.2) is 34.8 Å². The van der Waals surface area contributed by atoms with Gasteiger partial charge in [0.15, 0.2) is 5.76 Å². The van der Waals surface area contributed by atoms with Gasteiger partial charge in [0.25, 0.3) is 5.91 Å². The minimum absolute atomic E-state index is 0.119. The lowest BCUT2D eigenvalue weighted by Crippen LogP contribution is -2.45. The third kappa shape index (κ3) is 4.82. The van der Waals surface area contributed by atoms with E-state index in [2.05, 4.69) is 10.3 Å². The van der Waals surface area contributed by atoms with Gasteiger partial charge in [-0.1, -0.05) is 37.1 Å². The summed E-state index contributed by atoms with van der Waals surface area (Å²) in [5.74, 6) is 0.212. The number of pyridine rings is 1. The molecule has 1 fully saturated rings. The van der Waals surface area contributed by atoms with Gasteiger partial charge in [0.2, 0.25) is 5.91 Å². The predicted octanol–water partition coefficient (Wildman–Crippen LogP) is 4.13. The fraction of sp³-hybridized carbons (Fsp3) is 0.320. The second kappa shape index (κ2) is 10.1. The monoisotopic (exact) mass is 433 g/mol. The number of nitrogens with zero attached hydrogens (tertiary/aromatic N) is 2. The highest BCUT2D eigenvalue weighted by atomic mass is 16.5. The molecule has 2 aromatic heterocycles. The standard InChI is InChI=1S/C25H27N3O4/c1-31-21-12-5-2-8-19(21)17-28(25(30)22-13-7-15-32-22)23(18-9-6-14-26-16-18)24(29)27-20-10-3-4-11-20/h2,5-9,12-16,20,23H,3-4,10-11,17H2,1H3,(H,27,29)/t23-/m0/s1. The first-order chi connectivity index (χ1) is 15.7. The molecule has 2 amide bonds. The summed E-state index contributed by atoms with van der Waals surface area (Å²) < 4.78 is 10.9. The van der Waals surface area contributed by atoms with E-state index in [0.717, 1.165) is 31.2 Å². The van der Waals surface area contributed by atoms with E-state index in [-0.39, 0.29) is 30.2 Å². The number of methoxy groups -OCH3 is 1. The van der Waals surface area contributed by atoms with Gasteiger partial charge < -0.3 is 19.4 Å². The maximum absolute atomic E-state index is 13.6. The van der Waals surface area contributed by atoms with Crippen LogP contribution in [0.4, 0.5) is 0 Å². The average Bonchev–Trinajstić information content (AvgIpc) is 3.54. The Morgan fingerprint density at radius 3 is 2.66 bits per heavy atom. The van der Waals surface area contributed by atoms with E-state index in [1.807, 2.05) is 30.3 Å². The summed E-state index contributed by atoms with van der Waals surface area (Å²) in [5.41, 5.74) is 1.43. The molecule has 1 atom stereocenters. The summed E-state index contributed by atoms with van der Waals surface area (Å²) >= 11 is 0. The van der Waals surface area contributed by atoms with Gasteiger partial charge in [0, 0.05) is 29.6 Å². The van der Waals surface area contributed by atoms with Crippen molar-refractivity contribution in [3.63, 3.8) is 0 Å². The Hall–Kier alpha value is -3.61. The fourth-order valence-electron chi connectivity index (χ4n) is 4.20. The Morgan fingerprint density at radius 2 is 1.97 bits per heavy atom. The van der Waals surface area contributed by atoms with E-state index in [1.54, 1.807) is 37.7 Å². The van der Waals surface area contributed by atoms with Crippen molar-refractivity contribution in [2.45, 2.75) is 44.3 Å². The van der Waals surface area contributed by atoms with Crippen LogP contribution in [-0.2, 0) is 11.3 Å². The molecule has 32 heavy (non-hydrogen) atoms. The van der Waals surface area contributed by atoms with Crippen molar-refractivity contribution in [3.05, 3.63) is 84.1 Å². The molecule has 7 nitrogen and oxygen atoms in total. The van der Waals surface area contributed by atoms with Crippen molar-refractivity contribution in [1.82, 2.24) is 15.2 Å². The fourth-order valence-corrected chi connectivity index (χ4v) is 4.20. The van der Waals surface area contributed by atoms with Crippen LogP contribution in [0, 0.1) is 0 Å². The Bertz CT molecular complexity index is 1030. The molecule has 1 aliphatic carbocycles. The molecule has 1 N–H and O–H groups in total. The SMILES string of the molecule is COc1ccccc1CN(C(=O)c1ccco1)[C@H](C(=O)NC1CCCC1)c1cccnc1. The normalized spacial score (nSPS) is 14.7. The minimum Gasteiger partial charge on any atom is -0.496 e. The average molecular weight is 434 g/mol. The number of rotatable bonds is 8. The highest BCUT2D eigenvalue weighted by Gasteiger charge is 2.35. The summed E-state index contributed by atoms with van der Waals surface area (Å²) in [7, 11) is 1.59. The molecule has 1 aliphatic rings. The molecular formula is C25H27N3O4. The van der Waals surface area contributed by atoms with Crippen LogP contribution in [0.5, 0.6) is 5.75 Å². The zero-order valence-corrected chi connectivity index (χ0v) is 18.1. The highest BCUT2D eigenvalue weighted by Crippen LogP contribution is 2.29. The molecule has 0 aliphatic heterocycles. The lowest BCUT2D eigenvalue weighted by atomic mass is 10.0. The van der Waals surface area contributed by atoms with Crippen LogP contribution in [0.3, 0.4) is 0 Å². The van der Waals surface area contributed by atoms with E-state index in [1.165, 1.54) is 11.2 Å². The molecule has 4 rings (SSSR count). The Kier molecular flexibility index (Phi) is 6.84. The van der Waals surface area contributed by atoms with Crippen molar-refractivity contribution < 1.29 is 18.7 Å². The van der Waals surface area contributed by atoms with Gasteiger partial charge in [0.1, 0.15) is 11.8 Å². The molecule has 166 valence electrons. The van der Waals surface area contributed by atoms with Crippen LogP contribution >= 0.6 is 0 Å². The van der Waals surface area contributed by atoms with E-state index >= 15 is 0 Å². The maximum atomic E-state index is 13.6. The number of hydrogen-bond donors (Lipinski definition) is 1. The molecule has 3 aromatic rings. The van der Waals surface area contributed by atoms with Crippen molar-refractivity contribution in [1.29, 1.82) is 0 Å². The third-order valence-electron chi connectivity index (χ3n) is 5.79. The zero-order valence-electron chi connectivity index (χ0n) is 18.1. The summed E-state index contributed by atoms with van der Waals surface area (Å²) in [5, 5.41) is 3.15. The van der Waals surface area contributed by atoms with Crippen molar-refractivity contribution >= 4 is 11.8 Å². The van der Waals surface area contributed by atoms with Gasteiger partial charge in [-0.2, -0.15) is 0 Å². The summed E-state index contributed by atoms with van der Waals surface area (Å²) in [6.07, 6.45) is 8.82. The molecule has 1 saturated carbocycles. The van der Waals surface area contributed by atoms with Gasteiger partial charge in [-0.05, 0) is 37.1 Å². The number of nitrogens with one attached hydrogen (secondary N) is 1. The van der Waals surface area contributed by atoms with Crippen LogP contribution in [0.1, 0.15) is 53.4 Å². The van der Waals surface area contributed by atoms with Crippen LogP contribution in [0.25, 0.3) is 0 Å². The second-order valence-electron chi connectivity index (χ2n) is 7.90. The predicted molar refractivity (Wildman–Crippen MR) is 119 cm³/mol. The summed E-state index contributed by atoms with van der Waals surface area (Å²) in [4.78, 5) is 32.8. The number of aromatic nitrogens is 1. The van der Waals surface area contributed by atoms with Gasteiger partial charge in [-0.25, -0.2) is 0 Å². The number of hydrogen-bond acceptors (Lipinski definition) is 5. The molecule has 0 unspecified atom stereocenters. The van der Waals surface area contributed by atoms with E-state index in [4.69, 9.17) is 9.15 Å². The van der Waals surface area contributed by atoms with Gasteiger partial charge >= 0.3 is 0 Å². The lowest BCUT2D eigenvalue weighted by Gasteiger charge is -2.32. The zero-order chi connectivity index (χ0) is 22.3. The second-order valence-corrected chi connectivity index (χ2v) is 7.90. The molecule has 0 saturated heterocycles. The number of furan rings is 1. The van der Waals surface area contributed by atoms with Crippen molar-refractivity contribution in [2.24, 2.45) is 0 Å². The number of para-hydroxylation sites is 1. The lowest BCUT2D eigenvalue weighted by molar-refractivity contribution is -0.126. The van der Waals surface area contributed by atoms with Crippen molar-refractivity contribution in [2.75, 3.05) is 7.11 Å². The topological polar surface area (TPSA) is 84.7 Å². The summed E-state index contributed by atoms with van der Waals surface area (Å²) in [6.45, 7) is 0.168. The number of ether oxygens (including phenoxy) is 1. The van der Waals surface area contributed by atoms with Gasteiger partial charge in [0.05, 0.1) is 19.9 Å². The van der Waals surface area contributed by atoms with Crippen LogP contribution < -0.4 is 10.1 Å². The van der Waals surface area contributed by atoms with E-state index < -0.39 is 6.04 Å². The molecule has 0 bridgehead atoms. The molecular weight excluding hydrogens is 406 g/mol. The number of carbonyl (C=O) groups excluding carboxylic acids is 2. The third-order valence-corrected chi connectivity index (χ3v) is 5.79. The largest absolute Gasteiger partial charge is 0.496 e. The first kappa shape index (κ1) is 21.6. The Morgan fingerprint density at radius 1 is 1.16 bits per heavy atom. The molecule has 0 radical (unpaired) electrons. The molecule has 2 heterocycles. The molecule has 0 spiro atoms. The first-order valence-electron chi connectivity index (χ1n) is 10.8. The molecule has 7 heteroatoms. The highest BCUT2D eigenvalue weighted by molar-refractivity contribution is 5.96. The van der Waals surface area contributed by atoms with Gasteiger partial charge in [-0.3, -0.25) is 14.6 Å². The molecule has 1 aromatic carbocycles. The Balaban J connectivity index is 1.74. The maximum Gasteiger partial charge on any atom is 0.290 e. The van der Waals surface area contributed by atoms with Crippen molar-refractivity contribution in [3.8, 4) is 5.75 Å². The number of benzene rings is 1. The van der Waals surface area contributed by atoms with Crippen LogP contribution in [0.15, 0.2) is 71.6 Å².